The zero-order valence-corrected chi connectivity index (χ0v) is 20.8. The van der Waals surface area contributed by atoms with Crippen LogP contribution in [0.25, 0.3) is 0 Å². The summed E-state index contributed by atoms with van der Waals surface area (Å²) in [7, 11) is 0. The van der Waals surface area contributed by atoms with Crippen molar-refractivity contribution >= 4 is 17.3 Å². The first-order valence-electron chi connectivity index (χ1n) is 12.4. The molecule has 1 saturated carbocycles. The largest absolute Gasteiger partial charge is 0.341 e. The van der Waals surface area contributed by atoms with E-state index < -0.39 is 17.4 Å². The van der Waals surface area contributed by atoms with Crippen LogP contribution in [-0.4, -0.2) is 55.0 Å². The average Bonchev–Trinajstić information content (AvgIpc) is 3.38. The van der Waals surface area contributed by atoms with E-state index in [0.717, 1.165) is 24.9 Å². The van der Waals surface area contributed by atoms with Crippen molar-refractivity contribution in [3.05, 3.63) is 54.4 Å². The summed E-state index contributed by atoms with van der Waals surface area (Å²) in [5, 5.41) is 2.96. The summed E-state index contributed by atoms with van der Waals surface area (Å²) in [6.45, 7) is 2.02. The third kappa shape index (κ3) is 6.97. The van der Waals surface area contributed by atoms with E-state index in [2.05, 4.69) is 14.9 Å². The quantitative estimate of drug-likeness (QED) is 0.378. The van der Waals surface area contributed by atoms with Crippen LogP contribution in [0.15, 0.2) is 43.0 Å². The molecule has 1 amide bonds. The normalized spacial score (nSPS) is 20.5. The molecule has 0 bridgehead atoms. The van der Waals surface area contributed by atoms with Crippen LogP contribution in [-0.2, 0) is 33.3 Å². The zero-order valence-electron chi connectivity index (χ0n) is 20.0. The summed E-state index contributed by atoms with van der Waals surface area (Å²) in [6.07, 6.45) is 14.3. The van der Waals surface area contributed by atoms with E-state index in [1.807, 2.05) is 23.6 Å². The van der Waals surface area contributed by atoms with Crippen LogP contribution in [0.4, 0.5) is 4.39 Å². The summed E-state index contributed by atoms with van der Waals surface area (Å²) >= 11 is -2.42. The summed E-state index contributed by atoms with van der Waals surface area (Å²) in [4.78, 5) is 19.7. The van der Waals surface area contributed by atoms with Crippen molar-refractivity contribution < 1.29 is 22.1 Å². The third-order valence-electron chi connectivity index (χ3n) is 7.74. The molecule has 1 aromatic heterocycles. The number of amides is 1. The third-order valence-corrected chi connectivity index (χ3v) is 8.06. The lowest BCUT2D eigenvalue weighted by Gasteiger charge is -2.48. The molecule has 2 N–H and O–H groups in total. The Labute approximate surface area is 208 Å². The molecular weight excluding hydrogens is 471 g/mol. The van der Waals surface area contributed by atoms with Gasteiger partial charge in [-0.2, -0.15) is 4.21 Å². The number of likely N-dealkylation sites (tertiary alicyclic amines) is 1. The van der Waals surface area contributed by atoms with E-state index in [0.29, 0.717) is 25.4 Å². The molecule has 35 heavy (non-hydrogen) atoms. The fourth-order valence-corrected chi connectivity index (χ4v) is 6.00. The maximum absolute atomic E-state index is 13.5. The summed E-state index contributed by atoms with van der Waals surface area (Å²) < 4.78 is 40.1. The van der Waals surface area contributed by atoms with Crippen LogP contribution < -0.4 is 5.32 Å². The molecule has 0 radical (unpaired) electrons. The number of piperidine rings is 1. The van der Waals surface area contributed by atoms with E-state index in [1.54, 1.807) is 12.1 Å². The number of rotatable bonds is 10. The van der Waals surface area contributed by atoms with Gasteiger partial charge in [-0.25, -0.2) is 9.37 Å². The number of nitrogens with one attached hydrogen (secondary N) is 1. The van der Waals surface area contributed by atoms with E-state index in [1.165, 1.54) is 44.2 Å². The summed E-state index contributed by atoms with van der Waals surface area (Å²) in [5.41, 5.74) is 0.949. The van der Waals surface area contributed by atoms with Crippen molar-refractivity contribution in [1.82, 2.24) is 19.8 Å². The number of hydrogen-bond donors (Lipinski definition) is 2. The van der Waals surface area contributed by atoms with E-state index in [-0.39, 0.29) is 23.9 Å². The SMILES string of the molecule is O=C([C@@H](Cc1ccc(F)cc1)NCOS(=O)O)N1CCC(Cn2ccnc2)(C2CCCCC2)CC1. The Bertz CT molecular complexity index is 958. The lowest BCUT2D eigenvalue weighted by atomic mass is 9.63. The Morgan fingerprint density at radius 2 is 1.94 bits per heavy atom. The summed E-state index contributed by atoms with van der Waals surface area (Å²) in [5.74, 6) is 0.245. The summed E-state index contributed by atoms with van der Waals surface area (Å²) in [6, 6.07) is 5.40. The minimum atomic E-state index is -2.42. The first kappa shape index (κ1) is 25.9. The van der Waals surface area contributed by atoms with Crippen LogP contribution in [0.3, 0.4) is 0 Å². The van der Waals surface area contributed by atoms with Crippen molar-refractivity contribution in [1.29, 1.82) is 0 Å². The van der Waals surface area contributed by atoms with Crippen molar-refractivity contribution in [3.63, 3.8) is 0 Å². The first-order valence-corrected chi connectivity index (χ1v) is 13.4. The number of nitrogens with zero attached hydrogens (tertiary/aromatic N) is 3. The second-order valence-electron chi connectivity index (χ2n) is 9.82. The monoisotopic (exact) mass is 506 g/mol. The lowest BCUT2D eigenvalue weighted by molar-refractivity contribution is -0.137. The van der Waals surface area contributed by atoms with Crippen molar-refractivity contribution in [2.24, 2.45) is 11.3 Å². The molecule has 192 valence electrons. The molecule has 1 aliphatic heterocycles. The van der Waals surface area contributed by atoms with Gasteiger partial charge in [-0.15, -0.1) is 0 Å². The Morgan fingerprint density at radius 3 is 2.57 bits per heavy atom. The van der Waals surface area contributed by atoms with Gasteiger partial charge in [0.25, 0.3) is 0 Å². The number of hydrogen-bond acceptors (Lipinski definition) is 5. The molecule has 1 aliphatic carbocycles. The number of carbonyl (C=O) groups is 1. The number of carbonyl (C=O) groups excluding carboxylic acids is 1. The molecule has 2 heterocycles. The molecule has 2 atom stereocenters. The van der Waals surface area contributed by atoms with Gasteiger partial charge in [-0.1, -0.05) is 31.4 Å². The van der Waals surface area contributed by atoms with Gasteiger partial charge in [0.05, 0.1) is 12.4 Å². The van der Waals surface area contributed by atoms with E-state index in [9.17, 15) is 13.4 Å². The highest BCUT2D eigenvalue weighted by Gasteiger charge is 2.43. The highest BCUT2D eigenvalue weighted by Crippen LogP contribution is 2.47. The molecule has 8 nitrogen and oxygen atoms in total. The van der Waals surface area contributed by atoms with Crippen molar-refractivity contribution in [2.45, 2.75) is 64.0 Å². The number of halogens is 1. The van der Waals surface area contributed by atoms with Gasteiger partial charge in [0.15, 0.2) is 0 Å². The highest BCUT2D eigenvalue weighted by atomic mass is 32.2. The van der Waals surface area contributed by atoms with Gasteiger partial charge in [-0.05, 0) is 61.1 Å². The minimum Gasteiger partial charge on any atom is -0.341 e. The first-order chi connectivity index (χ1) is 16.9. The van der Waals surface area contributed by atoms with Gasteiger partial charge in [0, 0.05) is 32.0 Å². The van der Waals surface area contributed by atoms with Crippen LogP contribution >= 0.6 is 0 Å². The second-order valence-corrected chi connectivity index (χ2v) is 10.5. The molecule has 1 unspecified atom stereocenters. The predicted octanol–water partition coefficient (Wildman–Crippen LogP) is 3.52. The Kier molecular flexibility index (Phi) is 9.04. The zero-order chi connectivity index (χ0) is 24.7. The van der Waals surface area contributed by atoms with Gasteiger partial charge in [0.1, 0.15) is 12.5 Å². The fourth-order valence-electron chi connectivity index (χ4n) is 5.84. The minimum absolute atomic E-state index is 0.0680. The van der Waals surface area contributed by atoms with Crippen LogP contribution in [0, 0.1) is 17.2 Å². The van der Waals surface area contributed by atoms with E-state index in [4.69, 9.17) is 8.74 Å². The van der Waals surface area contributed by atoms with Crippen LogP contribution in [0.5, 0.6) is 0 Å². The average molecular weight is 507 g/mol. The Hall–Kier alpha value is -2.14. The maximum atomic E-state index is 13.5. The van der Waals surface area contributed by atoms with E-state index >= 15 is 0 Å². The lowest BCUT2D eigenvalue weighted by Crippen LogP contribution is -2.54. The Balaban J connectivity index is 1.44. The molecule has 10 heteroatoms. The number of imidazole rings is 1. The van der Waals surface area contributed by atoms with Crippen LogP contribution in [0.2, 0.25) is 0 Å². The number of aromatic nitrogens is 2. The van der Waals surface area contributed by atoms with Gasteiger partial charge in [-0.3, -0.25) is 18.8 Å². The standard InChI is InChI=1S/C25H35FN4O4S/c26-22-8-6-20(7-9-22)16-23(28-19-34-35(32)33)24(31)30-13-10-25(11-14-30,17-29-15-12-27-18-29)21-4-2-1-3-5-21/h6-9,12,15,18,21,23,28H,1-5,10-11,13-14,16-17,19H2,(H,32,33)/t23-/m1/s1. The van der Waals surface area contributed by atoms with Gasteiger partial charge < -0.3 is 9.47 Å². The molecule has 2 fully saturated rings. The highest BCUT2D eigenvalue weighted by molar-refractivity contribution is 7.74. The Morgan fingerprint density at radius 1 is 1.23 bits per heavy atom. The van der Waals surface area contributed by atoms with Crippen molar-refractivity contribution in [3.8, 4) is 0 Å². The fraction of sp³-hybridized carbons (Fsp3) is 0.600. The van der Waals surface area contributed by atoms with Crippen LogP contribution in [0.1, 0.15) is 50.5 Å². The van der Waals surface area contributed by atoms with Gasteiger partial charge in [0.2, 0.25) is 5.91 Å². The molecule has 2 aromatic rings. The predicted molar refractivity (Wildman–Crippen MR) is 131 cm³/mol. The van der Waals surface area contributed by atoms with Gasteiger partial charge >= 0.3 is 11.4 Å². The molecule has 1 saturated heterocycles. The molecule has 0 spiro atoms. The van der Waals surface area contributed by atoms with Crippen molar-refractivity contribution in [2.75, 3.05) is 19.8 Å². The molecule has 4 rings (SSSR count). The second kappa shape index (κ2) is 12.2. The molecule has 2 aliphatic rings. The number of benzene rings is 1. The topological polar surface area (TPSA) is 96.7 Å². The smallest absolute Gasteiger partial charge is 0.303 e. The maximum Gasteiger partial charge on any atom is 0.303 e. The molecular formula is C25H35FN4O4S. The molecule has 1 aromatic carbocycles.